The first kappa shape index (κ1) is 69.7. The van der Waals surface area contributed by atoms with E-state index in [1.807, 2.05) is 110 Å². The number of hydrogen-bond acceptors (Lipinski definition) is 8. The quantitative estimate of drug-likeness (QED) is 0.107. The van der Waals surface area contributed by atoms with E-state index < -0.39 is 0 Å². The van der Waals surface area contributed by atoms with Crippen LogP contribution in [0, 0.1) is 24.2 Å². The number of pyridine rings is 1. The first-order valence-electron chi connectivity index (χ1n) is 26.1. The molecule has 1 aliphatic heterocycles. The number of allylic oxidation sites excluding steroid dienone is 5. The number of aryl methyl sites for hydroxylation is 1. The van der Waals surface area contributed by atoms with Crippen LogP contribution in [0.25, 0.3) is 39.3 Å². The van der Waals surface area contributed by atoms with Crippen molar-refractivity contribution in [3.05, 3.63) is 142 Å². The van der Waals surface area contributed by atoms with E-state index in [0.29, 0.717) is 24.1 Å². The number of carbonyl (C=O) groups is 2. The van der Waals surface area contributed by atoms with Crippen molar-refractivity contribution in [2.45, 2.75) is 161 Å². The zero-order valence-electron chi connectivity index (χ0n) is 47.9. The standard InChI is InChI=1S/C25H23N2O.C17H34N2O2.C13H19N.3C2H6.CH2O.W/c1-17-11-13-18(14-12-17)21-15-23(19-7-3-2-4-8-19)27-25(22(21)16-26)20-9-5-6-10-24(20)28;1-13(17(5,6)18-7)15(16(2,3)4)12-21-19-10-8-9-14(19)11-20;1-10(2)11(3)13-7-5-12(6-8-13)9-14-4;4*1-2;/h2-4,7-15,26,28H,5-6,16H2,1H3;11,13-15,18H,8-10,12H2,1-7H3;5-8,14H,9H2,1-4H3;3*1-2H3;1H2;/q-1;;;;;;;. The second-order valence-corrected chi connectivity index (χ2v) is 18.9. The molecule has 6 rings (SSSR count). The van der Waals surface area contributed by atoms with Gasteiger partial charge in [-0.3, -0.25) is 4.84 Å². The Morgan fingerprint density at radius 1 is 0.875 bits per heavy atom. The average Bonchev–Trinajstić information content (AvgIpc) is 3.86. The third kappa shape index (κ3) is 22.0. The Balaban J connectivity index is 0. The van der Waals surface area contributed by atoms with Crippen molar-refractivity contribution in [1.29, 1.82) is 0 Å². The summed E-state index contributed by atoms with van der Waals surface area (Å²) >= 11 is 0. The smallest absolute Gasteiger partial charge is 0.139 e. The SMILES string of the molecule is C=O.CC.CC.CC.CNC(C)(C)C(C)C(CON1CCCC1C=O)C(C)(C)C.CNCc1ccc(C(C)=C(C)C)cc1.Cc1ccc(-c2cc(-c3ccccc3)nc(C3=CCCC=C3O)c2C[NH-])cc1.[W]. The molecule has 1 saturated heterocycles. The first-order chi connectivity index (χ1) is 33.9. The number of nitrogens with zero attached hydrogens (tertiary/aromatic N) is 2. The fourth-order valence-corrected chi connectivity index (χ4v) is 8.08. The summed E-state index contributed by atoms with van der Waals surface area (Å²) in [6.45, 7) is 38.7. The first-order valence-corrected chi connectivity index (χ1v) is 26.1. The van der Waals surface area contributed by atoms with Gasteiger partial charge in [-0.15, -0.1) is 6.54 Å². The molecule has 400 valence electrons. The van der Waals surface area contributed by atoms with E-state index in [4.69, 9.17) is 20.3 Å². The van der Waals surface area contributed by atoms with Gasteiger partial charge in [0.25, 0.3) is 0 Å². The number of aldehydes is 1. The van der Waals surface area contributed by atoms with Gasteiger partial charge in [0.1, 0.15) is 18.8 Å². The van der Waals surface area contributed by atoms with Crippen molar-refractivity contribution in [2.24, 2.45) is 17.3 Å². The Hall–Kier alpha value is -4.34. The number of rotatable bonds is 14. The summed E-state index contributed by atoms with van der Waals surface area (Å²) in [5.41, 5.74) is 21.2. The van der Waals surface area contributed by atoms with Crippen molar-refractivity contribution >= 4 is 24.2 Å². The molecular weight excluding hydrogens is 1060 g/mol. The molecule has 4 N–H and O–H groups in total. The van der Waals surface area contributed by atoms with Crippen molar-refractivity contribution in [3.8, 4) is 22.4 Å². The maximum Gasteiger partial charge on any atom is 0.139 e. The Kier molecular flexibility index (Phi) is 36.2. The van der Waals surface area contributed by atoms with Gasteiger partial charge in [0, 0.05) is 50.8 Å². The summed E-state index contributed by atoms with van der Waals surface area (Å²) in [6.07, 6.45) is 8.54. The number of aliphatic hydroxyl groups is 1. The van der Waals surface area contributed by atoms with Crippen LogP contribution in [0.1, 0.15) is 157 Å². The molecule has 2 aliphatic rings. The van der Waals surface area contributed by atoms with Crippen molar-refractivity contribution in [2.75, 3.05) is 27.2 Å². The molecule has 1 aliphatic carbocycles. The van der Waals surface area contributed by atoms with Crippen LogP contribution in [0.4, 0.5) is 0 Å². The maximum atomic E-state index is 11.1. The maximum absolute atomic E-state index is 11.1. The number of nitrogens with one attached hydrogen (secondary N) is 3. The van der Waals surface area contributed by atoms with Gasteiger partial charge in [-0.2, -0.15) is 5.06 Å². The summed E-state index contributed by atoms with van der Waals surface area (Å²) in [5.74, 6) is 1.13. The molecule has 0 saturated carbocycles. The van der Waals surface area contributed by atoms with E-state index >= 15 is 0 Å². The molecule has 10 heteroatoms. The van der Waals surface area contributed by atoms with Crippen molar-refractivity contribution in [3.63, 3.8) is 0 Å². The van der Waals surface area contributed by atoms with Crippen LogP contribution in [0.3, 0.4) is 0 Å². The van der Waals surface area contributed by atoms with E-state index in [1.165, 1.54) is 27.8 Å². The number of hydrogen-bond donors (Lipinski definition) is 3. The summed E-state index contributed by atoms with van der Waals surface area (Å²) in [4.78, 5) is 30.0. The van der Waals surface area contributed by atoms with Crippen LogP contribution in [0.5, 0.6) is 0 Å². The Bertz CT molecular complexity index is 2170. The average molecular weight is 1160 g/mol. The number of benzene rings is 3. The fraction of sp³-hybridized carbons (Fsp3) is 0.500. The Morgan fingerprint density at radius 2 is 1.44 bits per heavy atom. The van der Waals surface area contributed by atoms with E-state index in [9.17, 15) is 9.90 Å². The van der Waals surface area contributed by atoms with E-state index in [2.05, 4.69) is 134 Å². The van der Waals surface area contributed by atoms with Crippen molar-refractivity contribution < 1.29 is 40.6 Å². The van der Waals surface area contributed by atoms with Gasteiger partial charge in [-0.1, -0.05) is 165 Å². The topological polar surface area (TPSA) is 128 Å². The minimum atomic E-state index is -0.0572. The molecule has 0 radical (unpaired) electrons. The summed E-state index contributed by atoms with van der Waals surface area (Å²) in [6, 6.07) is 29.2. The summed E-state index contributed by atoms with van der Waals surface area (Å²) in [5, 5.41) is 18.9. The molecule has 3 atom stereocenters. The monoisotopic (exact) mass is 1160 g/mol. The molecule has 4 aromatic rings. The Morgan fingerprint density at radius 3 is 1.93 bits per heavy atom. The molecule has 9 nitrogen and oxygen atoms in total. The van der Waals surface area contributed by atoms with Crippen molar-refractivity contribution in [1.82, 2.24) is 20.7 Å². The van der Waals surface area contributed by atoms with E-state index in [0.717, 1.165) is 78.6 Å². The third-order valence-corrected chi connectivity index (χ3v) is 13.0. The largest absolute Gasteiger partial charge is 0.674 e. The van der Waals surface area contributed by atoms with Gasteiger partial charge >= 0.3 is 0 Å². The zero-order valence-corrected chi connectivity index (χ0v) is 50.8. The van der Waals surface area contributed by atoms with Gasteiger partial charge in [-0.05, 0) is 144 Å². The van der Waals surface area contributed by atoms with E-state index in [1.54, 1.807) is 0 Å². The second kappa shape index (κ2) is 37.4. The minimum Gasteiger partial charge on any atom is -0.674 e. The number of aromatic nitrogens is 1. The summed E-state index contributed by atoms with van der Waals surface area (Å²) < 4.78 is 0. The van der Waals surface area contributed by atoms with Crippen LogP contribution >= 0.6 is 0 Å². The van der Waals surface area contributed by atoms with E-state index in [-0.39, 0.29) is 50.4 Å². The Labute approximate surface area is 453 Å². The molecule has 1 fully saturated rings. The molecule has 0 amide bonds. The molecule has 3 aromatic carbocycles. The molecule has 72 heavy (non-hydrogen) atoms. The molecule has 0 bridgehead atoms. The summed E-state index contributed by atoms with van der Waals surface area (Å²) in [7, 11) is 3.98. The van der Waals surface area contributed by atoms with Crippen LogP contribution < -0.4 is 10.6 Å². The molecular formula is C62H96N5O4W-. The number of aliphatic hydroxyl groups excluding tert-OH is 1. The van der Waals surface area contributed by atoms with Crippen LogP contribution in [0.15, 0.2) is 108 Å². The minimum absolute atomic E-state index is 0. The van der Waals surface area contributed by atoms with Crippen LogP contribution in [0.2, 0.25) is 0 Å². The molecule has 1 aromatic heterocycles. The second-order valence-electron chi connectivity index (χ2n) is 18.9. The fourth-order valence-electron chi connectivity index (χ4n) is 8.08. The predicted molar refractivity (Wildman–Crippen MR) is 307 cm³/mol. The molecule has 0 spiro atoms. The third-order valence-electron chi connectivity index (χ3n) is 13.0. The molecule has 3 unspecified atom stereocenters. The number of carbonyl (C=O) groups excluding carboxylic acids is 2. The van der Waals surface area contributed by atoms with Gasteiger partial charge in [-0.25, -0.2) is 4.98 Å². The van der Waals surface area contributed by atoms with Gasteiger partial charge in [0.05, 0.1) is 24.0 Å². The van der Waals surface area contributed by atoms with Crippen LogP contribution in [-0.2, 0) is 48.6 Å². The predicted octanol–water partition coefficient (Wildman–Crippen LogP) is 15.9. The normalized spacial score (nSPS) is 14.6. The van der Waals surface area contributed by atoms with Gasteiger partial charge in [0.2, 0.25) is 0 Å². The zero-order chi connectivity index (χ0) is 54.3. The van der Waals surface area contributed by atoms with Gasteiger partial charge < -0.3 is 31.1 Å². The van der Waals surface area contributed by atoms with Crippen LogP contribution in [-0.4, -0.2) is 67.1 Å². The van der Waals surface area contributed by atoms with Gasteiger partial charge in [0.15, 0.2) is 0 Å². The molecule has 2 heterocycles. The number of hydroxylamine groups is 2.